The zero-order chi connectivity index (χ0) is 25.3. The van der Waals surface area contributed by atoms with E-state index in [-0.39, 0.29) is 18.2 Å². The standard InChI is InChI=1S/C23H19F3N4O5/c1-30-10-17(18(29-30)20(31)28-19(21(32)33)23(24,25)26)27-22(34)35-11-16-14-8-4-2-6-12(14)13-7-3-5-9-15(13)16/h2-10,16,19H,11H2,1H3,(H,27,34)(H,28,31)(H,32,33). The Morgan fingerprint density at radius 1 is 1.09 bits per heavy atom. The predicted octanol–water partition coefficient (Wildman–Crippen LogP) is 3.53. The van der Waals surface area contributed by atoms with Crippen LogP contribution in [0.4, 0.5) is 23.7 Å². The number of rotatable bonds is 6. The van der Waals surface area contributed by atoms with E-state index in [0.29, 0.717) is 0 Å². The number of aromatic nitrogens is 2. The van der Waals surface area contributed by atoms with Gasteiger partial charge in [-0.3, -0.25) is 14.8 Å². The quantitative estimate of drug-likeness (QED) is 0.488. The van der Waals surface area contributed by atoms with E-state index in [1.807, 2.05) is 48.5 Å². The second-order valence-electron chi connectivity index (χ2n) is 7.80. The molecule has 3 N–H and O–H groups in total. The number of nitrogens with zero attached hydrogens (tertiary/aromatic N) is 2. The molecule has 2 aromatic carbocycles. The Balaban J connectivity index is 1.46. The van der Waals surface area contributed by atoms with Crippen molar-refractivity contribution in [3.8, 4) is 11.1 Å². The van der Waals surface area contributed by atoms with Crippen molar-refractivity contribution in [2.75, 3.05) is 11.9 Å². The maximum Gasteiger partial charge on any atom is 0.419 e. The van der Waals surface area contributed by atoms with Crippen molar-refractivity contribution in [1.82, 2.24) is 15.1 Å². The highest BCUT2D eigenvalue weighted by Crippen LogP contribution is 2.44. The van der Waals surface area contributed by atoms with E-state index in [1.165, 1.54) is 18.6 Å². The van der Waals surface area contributed by atoms with Crippen LogP contribution in [-0.2, 0) is 16.6 Å². The van der Waals surface area contributed by atoms with Gasteiger partial charge in [-0.05, 0) is 22.3 Å². The molecular weight excluding hydrogens is 469 g/mol. The first kappa shape index (κ1) is 23.8. The second-order valence-corrected chi connectivity index (χ2v) is 7.80. The Labute approximate surface area is 196 Å². The number of alkyl halides is 3. The molecule has 9 nitrogen and oxygen atoms in total. The molecule has 0 saturated carbocycles. The Kier molecular flexibility index (Phi) is 6.20. The molecular formula is C23H19F3N4O5. The number of anilines is 1. The zero-order valence-electron chi connectivity index (χ0n) is 18.2. The Morgan fingerprint density at radius 3 is 2.20 bits per heavy atom. The molecule has 1 atom stereocenters. The van der Waals surface area contributed by atoms with Crippen molar-refractivity contribution in [1.29, 1.82) is 0 Å². The van der Waals surface area contributed by atoms with Crippen molar-refractivity contribution in [3.05, 3.63) is 71.5 Å². The fraction of sp³-hybridized carbons (Fsp3) is 0.217. The Bertz CT molecular complexity index is 1260. The molecule has 12 heteroatoms. The predicted molar refractivity (Wildman–Crippen MR) is 117 cm³/mol. The van der Waals surface area contributed by atoms with Gasteiger partial charge in [-0.2, -0.15) is 18.3 Å². The van der Waals surface area contributed by atoms with Crippen LogP contribution in [0.1, 0.15) is 27.5 Å². The van der Waals surface area contributed by atoms with Gasteiger partial charge in [0, 0.05) is 19.2 Å². The van der Waals surface area contributed by atoms with Gasteiger partial charge in [-0.15, -0.1) is 0 Å². The number of halogens is 3. The maximum atomic E-state index is 12.9. The molecule has 1 aliphatic rings. The summed E-state index contributed by atoms with van der Waals surface area (Å²) in [5, 5.41) is 16.2. The average molecular weight is 488 g/mol. The number of carbonyl (C=O) groups is 3. The van der Waals surface area contributed by atoms with Crippen molar-refractivity contribution in [2.45, 2.75) is 18.1 Å². The molecule has 0 aliphatic heterocycles. The number of benzene rings is 2. The van der Waals surface area contributed by atoms with E-state index in [2.05, 4.69) is 10.4 Å². The molecule has 4 rings (SSSR count). The molecule has 0 spiro atoms. The molecule has 0 fully saturated rings. The number of hydrogen-bond acceptors (Lipinski definition) is 5. The highest BCUT2D eigenvalue weighted by molar-refractivity contribution is 6.02. The van der Waals surface area contributed by atoms with Crippen LogP contribution >= 0.6 is 0 Å². The number of carboxylic acid groups (broad SMARTS) is 1. The van der Waals surface area contributed by atoms with Gasteiger partial charge in [-0.1, -0.05) is 48.5 Å². The highest BCUT2D eigenvalue weighted by Gasteiger charge is 2.46. The fourth-order valence-corrected chi connectivity index (χ4v) is 3.98. The molecule has 0 bridgehead atoms. The first-order chi connectivity index (χ1) is 16.6. The third kappa shape index (κ3) is 4.81. The maximum absolute atomic E-state index is 12.9. The number of fused-ring (bicyclic) bond motifs is 3. The van der Waals surface area contributed by atoms with E-state index in [0.717, 1.165) is 26.9 Å². The van der Waals surface area contributed by atoms with Crippen molar-refractivity contribution in [3.63, 3.8) is 0 Å². The smallest absolute Gasteiger partial charge is 0.419 e. The van der Waals surface area contributed by atoms with Crippen LogP contribution in [0.3, 0.4) is 0 Å². The molecule has 3 aromatic rings. The number of amides is 2. The third-order valence-corrected chi connectivity index (χ3v) is 5.47. The summed E-state index contributed by atoms with van der Waals surface area (Å²) >= 11 is 0. The van der Waals surface area contributed by atoms with Crippen molar-refractivity contribution in [2.24, 2.45) is 7.05 Å². The van der Waals surface area contributed by atoms with Crippen LogP contribution in [0.15, 0.2) is 54.7 Å². The molecule has 1 aliphatic carbocycles. The van der Waals surface area contributed by atoms with Gasteiger partial charge in [0.2, 0.25) is 6.04 Å². The summed E-state index contributed by atoms with van der Waals surface area (Å²) in [5.74, 6) is -3.94. The number of ether oxygens (including phenoxy) is 1. The largest absolute Gasteiger partial charge is 0.479 e. The normalized spacial score (nSPS) is 13.5. The molecule has 1 unspecified atom stereocenters. The molecule has 182 valence electrons. The van der Waals surface area contributed by atoms with Gasteiger partial charge in [0.05, 0.1) is 5.69 Å². The second kappa shape index (κ2) is 9.12. The lowest BCUT2D eigenvalue weighted by atomic mass is 9.98. The summed E-state index contributed by atoms with van der Waals surface area (Å²) in [5.41, 5.74) is 3.18. The van der Waals surface area contributed by atoms with Gasteiger partial charge in [0.25, 0.3) is 5.91 Å². The summed E-state index contributed by atoms with van der Waals surface area (Å²) in [7, 11) is 1.37. The van der Waals surface area contributed by atoms with Crippen LogP contribution < -0.4 is 10.6 Å². The number of carbonyl (C=O) groups excluding carboxylic acids is 2. The monoisotopic (exact) mass is 488 g/mol. The number of carboxylic acids is 1. The summed E-state index contributed by atoms with van der Waals surface area (Å²) in [6.45, 7) is -0.0309. The molecule has 0 saturated heterocycles. The van der Waals surface area contributed by atoms with Gasteiger partial charge in [0.1, 0.15) is 6.61 Å². The number of hydrogen-bond donors (Lipinski definition) is 3. The lowest BCUT2D eigenvalue weighted by Gasteiger charge is -2.17. The minimum Gasteiger partial charge on any atom is -0.479 e. The number of nitrogens with one attached hydrogen (secondary N) is 2. The van der Waals surface area contributed by atoms with Gasteiger partial charge < -0.3 is 15.2 Å². The van der Waals surface area contributed by atoms with Crippen LogP contribution in [0.2, 0.25) is 0 Å². The van der Waals surface area contributed by atoms with E-state index < -0.39 is 35.9 Å². The topological polar surface area (TPSA) is 123 Å². The Morgan fingerprint density at radius 2 is 1.66 bits per heavy atom. The van der Waals surface area contributed by atoms with Gasteiger partial charge >= 0.3 is 18.2 Å². The van der Waals surface area contributed by atoms with E-state index >= 15 is 0 Å². The van der Waals surface area contributed by atoms with Crippen LogP contribution in [0, 0.1) is 0 Å². The van der Waals surface area contributed by atoms with Crippen molar-refractivity contribution < 1.29 is 37.4 Å². The Hall–Kier alpha value is -4.35. The summed E-state index contributed by atoms with van der Waals surface area (Å²) in [4.78, 5) is 35.7. The third-order valence-electron chi connectivity index (χ3n) is 5.47. The molecule has 35 heavy (non-hydrogen) atoms. The fourth-order valence-electron chi connectivity index (χ4n) is 3.98. The summed E-state index contributed by atoms with van der Waals surface area (Å²) < 4.78 is 45.2. The van der Waals surface area contributed by atoms with E-state index in [4.69, 9.17) is 9.84 Å². The zero-order valence-corrected chi connectivity index (χ0v) is 18.2. The molecule has 1 heterocycles. The van der Waals surface area contributed by atoms with E-state index in [9.17, 15) is 27.6 Å². The average Bonchev–Trinajstić information content (AvgIpc) is 3.32. The summed E-state index contributed by atoms with van der Waals surface area (Å²) in [6, 6.07) is 12.3. The molecule has 2 amide bonds. The molecule has 0 radical (unpaired) electrons. The first-order valence-corrected chi connectivity index (χ1v) is 10.3. The SMILES string of the molecule is Cn1cc(NC(=O)OCC2c3ccccc3-c3ccccc32)c(C(=O)NC(C(=O)O)C(F)(F)F)n1. The number of aliphatic carboxylic acids is 1. The lowest BCUT2D eigenvalue weighted by molar-refractivity contribution is -0.178. The first-order valence-electron chi connectivity index (χ1n) is 10.3. The van der Waals surface area contributed by atoms with Gasteiger partial charge in [0.15, 0.2) is 5.69 Å². The van der Waals surface area contributed by atoms with Crippen molar-refractivity contribution >= 4 is 23.7 Å². The summed E-state index contributed by atoms with van der Waals surface area (Å²) in [6.07, 6.45) is -5.00. The number of aryl methyl sites for hydroxylation is 1. The highest BCUT2D eigenvalue weighted by atomic mass is 19.4. The van der Waals surface area contributed by atoms with E-state index in [1.54, 1.807) is 0 Å². The van der Waals surface area contributed by atoms with Crippen LogP contribution in [0.25, 0.3) is 11.1 Å². The van der Waals surface area contributed by atoms with Gasteiger partial charge in [-0.25, -0.2) is 9.59 Å². The molecule has 1 aromatic heterocycles. The minimum absolute atomic E-state index is 0.0309. The lowest BCUT2D eigenvalue weighted by Crippen LogP contribution is -2.50. The minimum atomic E-state index is -5.23. The van der Waals surface area contributed by atoms with Crippen LogP contribution in [-0.4, -0.2) is 51.7 Å². The van der Waals surface area contributed by atoms with Crippen LogP contribution in [0.5, 0.6) is 0 Å².